The van der Waals surface area contributed by atoms with Crippen molar-refractivity contribution in [2.24, 2.45) is 5.92 Å². The molecule has 0 saturated carbocycles. The van der Waals surface area contributed by atoms with Crippen LogP contribution in [0.4, 0.5) is 0 Å². The number of carbonyl (C=O) groups is 3. The lowest BCUT2D eigenvalue weighted by Gasteiger charge is -2.31. The van der Waals surface area contributed by atoms with Crippen LogP contribution in [-0.2, 0) is 20.9 Å². The number of hydrogen-bond donors (Lipinski definition) is 3. The summed E-state index contributed by atoms with van der Waals surface area (Å²) in [6.45, 7) is 5.74. The van der Waals surface area contributed by atoms with Crippen LogP contribution in [0.15, 0.2) is 18.2 Å². The summed E-state index contributed by atoms with van der Waals surface area (Å²) in [4.78, 5) is 32.7. The van der Waals surface area contributed by atoms with Crippen molar-refractivity contribution in [3.05, 3.63) is 23.8 Å². The minimum absolute atomic E-state index is 0.170. The Morgan fingerprint density at radius 1 is 1.07 bits per heavy atom. The zero-order valence-corrected chi connectivity index (χ0v) is 17.8. The molecule has 0 aromatic heterocycles. The summed E-state index contributed by atoms with van der Waals surface area (Å²) in [7, 11) is 3.30. The van der Waals surface area contributed by atoms with Crippen molar-refractivity contribution in [2.45, 2.75) is 39.2 Å². The second-order valence-corrected chi connectivity index (χ2v) is 6.99. The standard InChI is InChI=1S/C19H30N2O3.C2H2O4/c1-4-5-10-20-19(22)16-8-11-21(12-9-16)14-15-6-7-17(23-2)18(13-15)24-3;3-1(4)2(5)6/h6-7,13,16H,4-5,8-12,14H2,1-3H3,(H,20,22);(H,3,4)(H,5,6). The third-order valence-corrected chi connectivity index (χ3v) is 4.83. The molecule has 1 fully saturated rings. The Labute approximate surface area is 177 Å². The van der Waals surface area contributed by atoms with Crippen LogP contribution >= 0.6 is 0 Å². The van der Waals surface area contributed by atoms with Gasteiger partial charge in [0.25, 0.3) is 0 Å². The van der Waals surface area contributed by atoms with E-state index in [1.54, 1.807) is 14.2 Å². The van der Waals surface area contributed by atoms with Gasteiger partial charge in [-0.05, 0) is 50.0 Å². The summed E-state index contributed by atoms with van der Waals surface area (Å²) in [5, 5.41) is 17.8. The minimum atomic E-state index is -1.82. The summed E-state index contributed by atoms with van der Waals surface area (Å²) in [5.41, 5.74) is 1.21. The van der Waals surface area contributed by atoms with E-state index in [0.29, 0.717) is 0 Å². The van der Waals surface area contributed by atoms with Gasteiger partial charge in [-0.25, -0.2) is 9.59 Å². The van der Waals surface area contributed by atoms with Gasteiger partial charge >= 0.3 is 11.9 Å². The number of nitrogens with one attached hydrogen (secondary N) is 1. The predicted octanol–water partition coefficient (Wildman–Crippen LogP) is 1.99. The molecule has 1 heterocycles. The highest BCUT2D eigenvalue weighted by atomic mass is 16.5. The van der Waals surface area contributed by atoms with Crippen molar-refractivity contribution in [2.75, 3.05) is 33.9 Å². The van der Waals surface area contributed by atoms with Gasteiger partial charge in [0.05, 0.1) is 14.2 Å². The van der Waals surface area contributed by atoms with Gasteiger partial charge in [0.15, 0.2) is 11.5 Å². The van der Waals surface area contributed by atoms with Crippen LogP contribution in [0.1, 0.15) is 38.2 Å². The molecule has 1 amide bonds. The molecule has 1 aliphatic rings. The molecule has 0 bridgehead atoms. The Morgan fingerprint density at radius 3 is 2.17 bits per heavy atom. The van der Waals surface area contributed by atoms with Gasteiger partial charge in [-0.3, -0.25) is 9.69 Å². The van der Waals surface area contributed by atoms with Crippen LogP contribution in [0.25, 0.3) is 0 Å². The molecular weight excluding hydrogens is 392 g/mol. The fourth-order valence-electron chi connectivity index (χ4n) is 3.12. The molecule has 1 aromatic rings. The van der Waals surface area contributed by atoms with Crippen molar-refractivity contribution in [3.63, 3.8) is 0 Å². The quantitative estimate of drug-likeness (QED) is 0.427. The average Bonchev–Trinajstić information content (AvgIpc) is 2.74. The number of carbonyl (C=O) groups excluding carboxylic acids is 1. The molecule has 30 heavy (non-hydrogen) atoms. The van der Waals surface area contributed by atoms with Crippen molar-refractivity contribution in [3.8, 4) is 11.5 Å². The molecule has 9 heteroatoms. The molecular formula is C21H32N2O7. The number of unbranched alkanes of at least 4 members (excludes halogenated alkanes) is 1. The zero-order chi connectivity index (χ0) is 22.5. The van der Waals surface area contributed by atoms with Gasteiger partial charge in [0.2, 0.25) is 5.91 Å². The number of benzene rings is 1. The van der Waals surface area contributed by atoms with Crippen molar-refractivity contribution >= 4 is 17.8 Å². The first-order chi connectivity index (χ1) is 14.3. The number of carboxylic acid groups (broad SMARTS) is 2. The van der Waals surface area contributed by atoms with E-state index in [9.17, 15) is 4.79 Å². The largest absolute Gasteiger partial charge is 0.493 e. The van der Waals surface area contributed by atoms with E-state index >= 15 is 0 Å². The number of methoxy groups -OCH3 is 2. The Bertz CT molecular complexity index is 689. The number of likely N-dealkylation sites (tertiary alicyclic amines) is 1. The van der Waals surface area contributed by atoms with Crippen molar-refractivity contribution < 1.29 is 34.1 Å². The van der Waals surface area contributed by atoms with Crippen LogP contribution in [0.5, 0.6) is 11.5 Å². The molecule has 0 spiro atoms. The maximum Gasteiger partial charge on any atom is 0.414 e. The maximum atomic E-state index is 12.1. The summed E-state index contributed by atoms with van der Waals surface area (Å²) < 4.78 is 10.6. The number of nitrogens with zero attached hydrogens (tertiary/aromatic N) is 1. The van der Waals surface area contributed by atoms with Gasteiger partial charge in [-0.2, -0.15) is 0 Å². The third-order valence-electron chi connectivity index (χ3n) is 4.83. The van der Waals surface area contributed by atoms with Gasteiger partial charge in [0, 0.05) is 19.0 Å². The zero-order valence-electron chi connectivity index (χ0n) is 17.8. The molecule has 0 atom stereocenters. The Kier molecular flexibility index (Phi) is 11.3. The third kappa shape index (κ3) is 8.69. The Balaban J connectivity index is 0.000000656. The highest BCUT2D eigenvalue weighted by Crippen LogP contribution is 2.28. The van der Waals surface area contributed by atoms with E-state index in [1.807, 2.05) is 12.1 Å². The summed E-state index contributed by atoms with van der Waals surface area (Å²) >= 11 is 0. The smallest absolute Gasteiger partial charge is 0.414 e. The van der Waals surface area contributed by atoms with Crippen LogP contribution < -0.4 is 14.8 Å². The summed E-state index contributed by atoms with van der Waals surface area (Å²) in [6, 6.07) is 6.05. The van der Waals surface area contributed by atoms with Crippen molar-refractivity contribution in [1.82, 2.24) is 10.2 Å². The van der Waals surface area contributed by atoms with E-state index in [-0.39, 0.29) is 11.8 Å². The SMILES string of the molecule is CCCCNC(=O)C1CCN(Cc2ccc(OC)c(OC)c2)CC1.O=C(O)C(=O)O. The van der Waals surface area contributed by atoms with Gasteiger partial charge in [-0.15, -0.1) is 0 Å². The van der Waals surface area contributed by atoms with E-state index < -0.39 is 11.9 Å². The number of hydrogen-bond acceptors (Lipinski definition) is 6. The predicted molar refractivity (Wildman–Crippen MR) is 111 cm³/mol. The minimum Gasteiger partial charge on any atom is -0.493 e. The highest BCUT2D eigenvalue weighted by molar-refractivity contribution is 6.27. The van der Waals surface area contributed by atoms with E-state index in [4.69, 9.17) is 29.3 Å². The van der Waals surface area contributed by atoms with Crippen LogP contribution in [0.3, 0.4) is 0 Å². The van der Waals surface area contributed by atoms with Crippen LogP contribution in [0, 0.1) is 5.92 Å². The number of piperidine rings is 1. The number of rotatable bonds is 8. The van der Waals surface area contributed by atoms with Gasteiger partial charge in [0.1, 0.15) is 0 Å². The first-order valence-corrected chi connectivity index (χ1v) is 9.99. The van der Waals surface area contributed by atoms with E-state index in [2.05, 4.69) is 23.2 Å². The molecule has 9 nitrogen and oxygen atoms in total. The van der Waals surface area contributed by atoms with Gasteiger partial charge in [-0.1, -0.05) is 19.4 Å². The lowest BCUT2D eigenvalue weighted by molar-refractivity contribution is -0.159. The topological polar surface area (TPSA) is 125 Å². The second kappa shape index (κ2) is 13.4. The van der Waals surface area contributed by atoms with Gasteiger partial charge < -0.3 is 25.0 Å². The molecule has 0 radical (unpaired) electrons. The van der Waals surface area contributed by atoms with Crippen molar-refractivity contribution in [1.29, 1.82) is 0 Å². The average molecular weight is 424 g/mol. The van der Waals surface area contributed by atoms with E-state index in [0.717, 1.165) is 63.4 Å². The molecule has 1 aliphatic heterocycles. The monoisotopic (exact) mass is 424 g/mol. The molecule has 168 valence electrons. The summed E-state index contributed by atoms with van der Waals surface area (Å²) in [5.74, 6) is -1.73. The fourth-order valence-corrected chi connectivity index (χ4v) is 3.12. The normalized spacial score (nSPS) is 14.2. The summed E-state index contributed by atoms with van der Waals surface area (Å²) in [6.07, 6.45) is 4.05. The number of aliphatic carboxylic acids is 2. The lowest BCUT2D eigenvalue weighted by atomic mass is 9.95. The first kappa shape index (κ1) is 25.2. The second-order valence-electron chi connectivity index (χ2n) is 6.99. The number of carboxylic acids is 2. The molecule has 1 aromatic carbocycles. The van der Waals surface area contributed by atoms with E-state index in [1.165, 1.54) is 5.56 Å². The number of amides is 1. The molecule has 0 unspecified atom stereocenters. The van der Waals surface area contributed by atoms with Crippen LogP contribution in [-0.4, -0.2) is 66.8 Å². The number of ether oxygens (including phenoxy) is 2. The maximum absolute atomic E-state index is 12.1. The fraction of sp³-hybridized carbons (Fsp3) is 0.571. The highest BCUT2D eigenvalue weighted by Gasteiger charge is 2.24. The lowest BCUT2D eigenvalue weighted by Crippen LogP contribution is -2.40. The Hall–Kier alpha value is -2.81. The first-order valence-electron chi connectivity index (χ1n) is 9.99. The Morgan fingerprint density at radius 2 is 1.67 bits per heavy atom. The van der Waals surface area contributed by atoms with Crippen LogP contribution in [0.2, 0.25) is 0 Å². The molecule has 2 rings (SSSR count). The molecule has 0 aliphatic carbocycles. The molecule has 1 saturated heterocycles. The molecule has 3 N–H and O–H groups in total.